The maximum Gasteiger partial charge on any atom is 0.120 e. The van der Waals surface area contributed by atoms with Crippen molar-refractivity contribution in [3.63, 3.8) is 0 Å². The Bertz CT molecular complexity index is 818. The number of hydrogen-bond donors (Lipinski definition) is 0. The first-order valence-electron chi connectivity index (χ1n) is 10.5. The van der Waals surface area contributed by atoms with E-state index in [0.29, 0.717) is 12.5 Å². The maximum atomic E-state index is 6.51. The number of ether oxygens (including phenoxy) is 2. The molecule has 4 heteroatoms. The summed E-state index contributed by atoms with van der Waals surface area (Å²) in [5, 5.41) is 0.732. The van der Waals surface area contributed by atoms with Gasteiger partial charge < -0.3 is 14.4 Å². The highest BCUT2D eigenvalue weighted by atomic mass is 35.5. The van der Waals surface area contributed by atoms with Gasteiger partial charge in [-0.3, -0.25) is 0 Å². The van der Waals surface area contributed by atoms with Crippen molar-refractivity contribution in [2.75, 3.05) is 24.6 Å². The average molecular weight is 414 g/mol. The van der Waals surface area contributed by atoms with Gasteiger partial charge in [-0.1, -0.05) is 43.2 Å². The first-order chi connectivity index (χ1) is 14.0. The summed E-state index contributed by atoms with van der Waals surface area (Å²) in [6, 6.07) is 14.5. The summed E-state index contributed by atoms with van der Waals surface area (Å²) in [6.07, 6.45) is 3.15. The van der Waals surface area contributed by atoms with Crippen LogP contribution in [0.5, 0.6) is 11.5 Å². The first-order valence-corrected chi connectivity index (χ1v) is 10.9. The average Bonchev–Trinajstić information content (AvgIpc) is 3.14. The molecule has 1 fully saturated rings. The largest absolute Gasteiger partial charge is 0.494 e. The number of rotatable bonds is 9. The minimum atomic E-state index is 0.167. The van der Waals surface area contributed by atoms with Crippen molar-refractivity contribution in [2.45, 2.75) is 52.1 Å². The number of halogens is 1. The van der Waals surface area contributed by atoms with Gasteiger partial charge in [-0.2, -0.15) is 0 Å². The molecule has 1 aliphatic rings. The van der Waals surface area contributed by atoms with Crippen molar-refractivity contribution >= 4 is 17.3 Å². The van der Waals surface area contributed by atoms with Crippen molar-refractivity contribution in [3.8, 4) is 11.5 Å². The van der Waals surface area contributed by atoms with Gasteiger partial charge in [-0.05, 0) is 55.5 Å². The second-order valence-electron chi connectivity index (χ2n) is 8.07. The lowest BCUT2D eigenvalue weighted by molar-refractivity contribution is 0.225. The molecule has 156 valence electrons. The minimum absolute atomic E-state index is 0.167. The van der Waals surface area contributed by atoms with Crippen molar-refractivity contribution in [1.29, 1.82) is 0 Å². The minimum Gasteiger partial charge on any atom is -0.494 e. The van der Waals surface area contributed by atoms with E-state index in [2.05, 4.69) is 56.5 Å². The molecule has 0 bridgehead atoms. The molecule has 2 atom stereocenters. The lowest BCUT2D eigenvalue weighted by Crippen LogP contribution is -2.24. The zero-order valence-corrected chi connectivity index (χ0v) is 18.5. The lowest BCUT2D eigenvalue weighted by Gasteiger charge is -2.21. The predicted molar refractivity (Wildman–Crippen MR) is 123 cm³/mol. The second-order valence-corrected chi connectivity index (χ2v) is 8.47. The van der Waals surface area contributed by atoms with Crippen LogP contribution < -0.4 is 14.4 Å². The molecule has 1 heterocycles. The molecule has 0 aromatic heterocycles. The smallest absolute Gasteiger partial charge is 0.120 e. The predicted octanol–water partition coefficient (Wildman–Crippen LogP) is 6.86. The van der Waals surface area contributed by atoms with Crippen molar-refractivity contribution in [2.24, 2.45) is 0 Å². The Morgan fingerprint density at radius 1 is 1.21 bits per heavy atom. The van der Waals surface area contributed by atoms with E-state index in [0.717, 1.165) is 54.6 Å². The standard InChI is InChI=1S/C25H32ClNO2/c1-5-14-28-22-10-11-25(24(26)16-22)27-13-12-23(17-27)29-21-8-6-20(7-9-21)19(4)15-18(2)3/h6-11,16,19,23H,2,5,12-15,17H2,1,3-4H3/t19-,23?/m1/s1. The van der Waals surface area contributed by atoms with Crippen LogP contribution in [-0.4, -0.2) is 25.8 Å². The van der Waals surface area contributed by atoms with Crippen molar-refractivity contribution in [1.82, 2.24) is 0 Å². The van der Waals surface area contributed by atoms with Gasteiger partial charge >= 0.3 is 0 Å². The van der Waals surface area contributed by atoms with E-state index >= 15 is 0 Å². The van der Waals surface area contributed by atoms with Crippen LogP contribution >= 0.6 is 11.6 Å². The first kappa shape index (κ1) is 21.6. The third-order valence-corrected chi connectivity index (χ3v) is 5.59. The Kier molecular flexibility index (Phi) is 7.49. The zero-order valence-electron chi connectivity index (χ0n) is 17.8. The monoisotopic (exact) mass is 413 g/mol. The number of allylic oxidation sites excluding steroid dienone is 1. The SMILES string of the molecule is C=C(C)C[C@@H](C)c1ccc(OC2CCN(c3ccc(OCCC)cc3Cl)C2)cc1. The quantitative estimate of drug-likeness (QED) is 0.419. The summed E-state index contributed by atoms with van der Waals surface area (Å²) in [5.41, 5.74) is 3.59. The van der Waals surface area contributed by atoms with E-state index in [1.807, 2.05) is 18.2 Å². The molecule has 2 aromatic carbocycles. The molecule has 1 unspecified atom stereocenters. The molecule has 1 saturated heterocycles. The van der Waals surface area contributed by atoms with Gasteiger partial charge in [-0.25, -0.2) is 0 Å². The molecule has 0 amide bonds. The van der Waals surface area contributed by atoms with Crippen molar-refractivity contribution < 1.29 is 9.47 Å². The van der Waals surface area contributed by atoms with Gasteiger partial charge in [-0.15, -0.1) is 6.58 Å². The molecular weight excluding hydrogens is 382 g/mol. The zero-order chi connectivity index (χ0) is 20.8. The van der Waals surface area contributed by atoms with Crippen LogP contribution in [0.4, 0.5) is 5.69 Å². The highest BCUT2D eigenvalue weighted by Crippen LogP contribution is 2.33. The third-order valence-electron chi connectivity index (χ3n) is 5.28. The van der Waals surface area contributed by atoms with Crippen LogP contribution in [0.2, 0.25) is 5.02 Å². The molecular formula is C25H32ClNO2. The third kappa shape index (κ3) is 5.93. The van der Waals surface area contributed by atoms with Crippen LogP contribution in [0.1, 0.15) is 51.5 Å². The van der Waals surface area contributed by atoms with E-state index in [-0.39, 0.29) is 6.10 Å². The van der Waals surface area contributed by atoms with E-state index < -0.39 is 0 Å². The molecule has 3 nitrogen and oxygen atoms in total. The Morgan fingerprint density at radius 3 is 2.59 bits per heavy atom. The number of hydrogen-bond acceptors (Lipinski definition) is 3. The van der Waals surface area contributed by atoms with E-state index in [1.165, 1.54) is 11.1 Å². The summed E-state index contributed by atoms with van der Waals surface area (Å²) < 4.78 is 11.9. The fourth-order valence-electron chi connectivity index (χ4n) is 3.80. The van der Waals surface area contributed by atoms with Crippen LogP contribution in [0.15, 0.2) is 54.6 Å². The molecule has 1 aliphatic heterocycles. The number of anilines is 1. The summed E-state index contributed by atoms with van der Waals surface area (Å²) in [7, 11) is 0. The van der Waals surface area contributed by atoms with Crippen LogP contribution in [-0.2, 0) is 0 Å². The van der Waals surface area contributed by atoms with E-state index in [9.17, 15) is 0 Å². The molecule has 29 heavy (non-hydrogen) atoms. The Labute approximate surface area is 180 Å². The summed E-state index contributed by atoms with van der Waals surface area (Å²) in [5.74, 6) is 2.24. The lowest BCUT2D eigenvalue weighted by atomic mass is 9.95. The van der Waals surface area contributed by atoms with Gasteiger partial charge in [0.05, 0.1) is 23.9 Å². The van der Waals surface area contributed by atoms with Gasteiger partial charge in [0.2, 0.25) is 0 Å². The fourth-order valence-corrected chi connectivity index (χ4v) is 4.09. The number of benzene rings is 2. The summed E-state index contributed by atoms with van der Waals surface area (Å²) in [6.45, 7) is 12.9. The Hall–Kier alpha value is -2.13. The van der Waals surface area contributed by atoms with Gasteiger partial charge in [0.1, 0.15) is 17.6 Å². The molecule has 3 rings (SSSR count). The molecule has 2 aromatic rings. The number of nitrogens with zero attached hydrogens (tertiary/aromatic N) is 1. The van der Waals surface area contributed by atoms with Crippen LogP contribution in [0.3, 0.4) is 0 Å². The molecule has 0 saturated carbocycles. The fraction of sp³-hybridized carbons (Fsp3) is 0.440. The van der Waals surface area contributed by atoms with Gasteiger partial charge in [0.25, 0.3) is 0 Å². The van der Waals surface area contributed by atoms with Crippen molar-refractivity contribution in [3.05, 3.63) is 65.2 Å². The summed E-state index contributed by atoms with van der Waals surface area (Å²) in [4.78, 5) is 2.29. The molecule has 0 radical (unpaired) electrons. The Morgan fingerprint density at radius 2 is 1.93 bits per heavy atom. The maximum absolute atomic E-state index is 6.51. The van der Waals surface area contributed by atoms with Crippen LogP contribution in [0.25, 0.3) is 0 Å². The van der Waals surface area contributed by atoms with E-state index in [1.54, 1.807) is 0 Å². The normalized spacial score (nSPS) is 17.2. The highest BCUT2D eigenvalue weighted by Gasteiger charge is 2.25. The molecule has 0 spiro atoms. The van der Waals surface area contributed by atoms with Gasteiger partial charge in [0, 0.05) is 19.0 Å². The Balaban J connectivity index is 1.56. The topological polar surface area (TPSA) is 21.7 Å². The van der Waals surface area contributed by atoms with Crippen LogP contribution in [0, 0.1) is 0 Å². The second kappa shape index (κ2) is 10.1. The van der Waals surface area contributed by atoms with E-state index in [4.69, 9.17) is 21.1 Å². The molecule has 0 N–H and O–H groups in total. The van der Waals surface area contributed by atoms with Gasteiger partial charge in [0.15, 0.2) is 0 Å². The molecule has 0 aliphatic carbocycles. The highest BCUT2D eigenvalue weighted by molar-refractivity contribution is 6.33. The summed E-state index contributed by atoms with van der Waals surface area (Å²) >= 11 is 6.51.